The molecule has 0 aliphatic carbocycles. The van der Waals surface area contributed by atoms with E-state index >= 15 is 0 Å². The third-order valence-corrected chi connectivity index (χ3v) is 3.88. The second kappa shape index (κ2) is 5.44. The van der Waals surface area contributed by atoms with E-state index in [4.69, 9.17) is 5.26 Å². The zero-order valence-electron chi connectivity index (χ0n) is 11.7. The van der Waals surface area contributed by atoms with Crippen molar-refractivity contribution in [3.05, 3.63) is 28.8 Å². The van der Waals surface area contributed by atoms with Crippen molar-refractivity contribution in [2.45, 2.75) is 52.5 Å². The van der Waals surface area contributed by atoms with Gasteiger partial charge in [0.05, 0.1) is 12.5 Å². The standard InChI is InChI=1S/C16H22N2/c1-12-10-13(2)16(14(3)11-12)18-9-5-4-6-15(18)7-8-17/h10-11,15H,4-7,9H2,1-3H3. The SMILES string of the molecule is Cc1cc(C)c(N2CCCCC2CC#N)c(C)c1. The second-order valence-electron chi connectivity index (χ2n) is 5.45. The first-order valence-electron chi connectivity index (χ1n) is 6.85. The molecule has 1 unspecified atom stereocenters. The number of nitrogens with zero attached hydrogens (tertiary/aromatic N) is 2. The first-order valence-corrected chi connectivity index (χ1v) is 6.85. The van der Waals surface area contributed by atoms with Gasteiger partial charge in [-0.05, 0) is 51.2 Å². The molecule has 2 rings (SSSR count). The van der Waals surface area contributed by atoms with Crippen molar-refractivity contribution in [3.63, 3.8) is 0 Å². The molecule has 1 aromatic carbocycles. The normalized spacial score (nSPS) is 19.7. The van der Waals surface area contributed by atoms with Crippen molar-refractivity contribution in [2.75, 3.05) is 11.4 Å². The van der Waals surface area contributed by atoms with Crippen LogP contribution in [-0.4, -0.2) is 12.6 Å². The van der Waals surface area contributed by atoms with E-state index in [0.29, 0.717) is 12.5 Å². The maximum absolute atomic E-state index is 8.99. The van der Waals surface area contributed by atoms with Gasteiger partial charge < -0.3 is 4.90 Å². The third kappa shape index (κ3) is 2.51. The van der Waals surface area contributed by atoms with Crippen LogP contribution in [0.25, 0.3) is 0 Å². The van der Waals surface area contributed by atoms with E-state index in [1.54, 1.807) is 0 Å². The molecule has 1 aliphatic rings. The fraction of sp³-hybridized carbons (Fsp3) is 0.562. The highest BCUT2D eigenvalue weighted by atomic mass is 15.2. The lowest BCUT2D eigenvalue weighted by Gasteiger charge is -2.38. The molecule has 0 aromatic heterocycles. The number of aryl methyl sites for hydroxylation is 3. The molecule has 96 valence electrons. The highest BCUT2D eigenvalue weighted by molar-refractivity contribution is 5.61. The molecule has 0 bridgehead atoms. The Bertz CT molecular complexity index is 447. The first-order chi connectivity index (χ1) is 8.63. The summed E-state index contributed by atoms with van der Waals surface area (Å²) in [6.07, 6.45) is 4.30. The average Bonchev–Trinajstić information content (AvgIpc) is 2.30. The van der Waals surface area contributed by atoms with Crippen molar-refractivity contribution < 1.29 is 0 Å². The lowest BCUT2D eigenvalue weighted by atomic mass is 9.95. The molecule has 0 radical (unpaired) electrons. The summed E-state index contributed by atoms with van der Waals surface area (Å²) in [5.41, 5.74) is 5.37. The molecule has 1 fully saturated rings. The molecule has 0 N–H and O–H groups in total. The van der Waals surface area contributed by atoms with Crippen LogP contribution in [0.1, 0.15) is 42.4 Å². The lowest BCUT2D eigenvalue weighted by Crippen LogP contribution is -2.40. The fourth-order valence-corrected chi connectivity index (χ4v) is 3.24. The Hall–Kier alpha value is -1.49. The van der Waals surface area contributed by atoms with E-state index < -0.39 is 0 Å². The van der Waals surface area contributed by atoms with Crippen LogP contribution in [-0.2, 0) is 0 Å². The topological polar surface area (TPSA) is 27.0 Å². The van der Waals surface area contributed by atoms with E-state index in [1.807, 2.05) is 0 Å². The van der Waals surface area contributed by atoms with E-state index in [9.17, 15) is 0 Å². The van der Waals surface area contributed by atoms with E-state index in [1.165, 1.54) is 35.2 Å². The highest BCUT2D eigenvalue weighted by Gasteiger charge is 2.24. The summed E-state index contributed by atoms with van der Waals surface area (Å²) in [5, 5.41) is 8.99. The molecule has 0 spiro atoms. The second-order valence-corrected chi connectivity index (χ2v) is 5.45. The number of anilines is 1. The van der Waals surface area contributed by atoms with Crippen molar-refractivity contribution >= 4 is 5.69 Å². The van der Waals surface area contributed by atoms with Gasteiger partial charge in [0.1, 0.15) is 0 Å². The molecule has 1 heterocycles. The van der Waals surface area contributed by atoms with Crippen LogP contribution in [0.15, 0.2) is 12.1 Å². The maximum atomic E-state index is 8.99. The van der Waals surface area contributed by atoms with Crippen LogP contribution >= 0.6 is 0 Å². The summed E-state index contributed by atoms with van der Waals surface area (Å²) in [6, 6.07) is 7.25. The lowest BCUT2D eigenvalue weighted by molar-refractivity contribution is 0.463. The predicted octanol–water partition coefficient (Wildman–Crippen LogP) is 3.88. The van der Waals surface area contributed by atoms with Crippen molar-refractivity contribution in [1.82, 2.24) is 0 Å². The number of hydrogen-bond donors (Lipinski definition) is 0. The smallest absolute Gasteiger partial charge is 0.0643 e. The summed E-state index contributed by atoms with van der Waals surface area (Å²) in [5.74, 6) is 0. The number of piperidine rings is 1. The van der Waals surface area contributed by atoms with Crippen LogP contribution in [0.2, 0.25) is 0 Å². The first kappa shape index (κ1) is 13.0. The van der Waals surface area contributed by atoms with Crippen LogP contribution < -0.4 is 4.90 Å². The molecule has 1 saturated heterocycles. The Balaban J connectivity index is 2.37. The molecule has 2 nitrogen and oxygen atoms in total. The van der Waals surface area contributed by atoms with Gasteiger partial charge in [-0.3, -0.25) is 0 Å². The fourth-order valence-electron chi connectivity index (χ4n) is 3.24. The monoisotopic (exact) mass is 242 g/mol. The Morgan fingerprint density at radius 1 is 1.22 bits per heavy atom. The number of hydrogen-bond acceptors (Lipinski definition) is 2. The molecular formula is C16H22N2. The average molecular weight is 242 g/mol. The van der Waals surface area contributed by atoms with Crippen molar-refractivity contribution in [2.24, 2.45) is 0 Å². The molecule has 1 atom stereocenters. The zero-order valence-corrected chi connectivity index (χ0v) is 11.7. The van der Waals surface area contributed by atoms with Crippen LogP contribution in [0, 0.1) is 32.1 Å². The van der Waals surface area contributed by atoms with Crippen molar-refractivity contribution in [3.8, 4) is 6.07 Å². The summed E-state index contributed by atoms with van der Waals surface area (Å²) in [6.45, 7) is 7.62. The molecule has 0 saturated carbocycles. The molecule has 0 amide bonds. The minimum atomic E-state index is 0.406. The van der Waals surface area contributed by atoms with Gasteiger partial charge in [-0.15, -0.1) is 0 Å². The van der Waals surface area contributed by atoms with Gasteiger partial charge in [-0.1, -0.05) is 17.7 Å². The highest BCUT2D eigenvalue weighted by Crippen LogP contribution is 2.32. The third-order valence-electron chi connectivity index (χ3n) is 3.88. The van der Waals surface area contributed by atoms with Gasteiger partial charge in [0.2, 0.25) is 0 Å². The molecule has 1 aromatic rings. The van der Waals surface area contributed by atoms with Crippen LogP contribution in [0.4, 0.5) is 5.69 Å². The Labute approximate surface area is 110 Å². The number of rotatable bonds is 2. The Morgan fingerprint density at radius 2 is 1.89 bits per heavy atom. The Morgan fingerprint density at radius 3 is 2.50 bits per heavy atom. The minimum absolute atomic E-state index is 0.406. The van der Waals surface area contributed by atoms with E-state index in [-0.39, 0.29) is 0 Å². The van der Waals surface area contributed by atoms with Crippen LogP contribution in [0.5, 0.6) is 0 Å². The molecule has 1 aliphatic heterocycles. The molecular weight excluding hydrogens is 220 g/mol. The van der Waals surface area contributed by atoms with Crippen molar-refractivity contribution in [1.29, 1.82) is 5.26 Å². The minimum Gasteiger partial charge on any atom is -0.367 e. The van der Waals surface area contributed by atoms with Gasteiger partial charge >= 0.3 is 0 Å². The number of nitriles is 1. The van der Waals surface area contributed by atoms with Gasteiger partial charge in [0, 0.05) is 18.3 Å². The quantitative estimate of drug-likeness (QED) is 0.786. The molecule has 2 heteroatoms. The summed E-state index contributed by atoms with van der Waals surface area (Å²) in [4.78, 5) is 2.47. The van der Waals surface area contributed by atoms with E-state index in [0.717, 1.165) is 13.0 Å². The van der Waals surface area contributed by atoms with Gasteiger partial charge in [0.25, 0.3) is 0 Å². The Kier molecular flexibility index (Phi) is 3.91. The largest absolute Gasteiger partial charge is 0.367 e. The number of benzene rings is 1. The van der Waals surface area contributed by atoms with Gasteiger partial charge in [0.15, 0.2) is 0 Å². The zero-order chi connectivity index (χ0) is 13.1. The summed E-state index contributed by atoms with van der Waals surface area (Å²) >= 11 is 0. The molecule has 18 heavy (non-hydrogen) atoms. The van der Waals surface area contributed by atoms with Gasteiger partial charge in [-0.2, -0.15) is 5.26 Å². The van der Waals surface area contributed by atoms with Gasteiger partial charge in [-0.25, -0.2) is 0 Å². The summed E-state index contributed by atoms with van der Waals surface area (Å²) < 4.78 is 0. The maximum Gasteiger partial charge on any atom is 0.0643 e. The van der Waals surface area contributed by atoms with Crippen LogP contribution in [0.3, 0.4) is 0 Å². The van der Waals surface area contributed by atoms with E-state index in [2.05, 4.69) is 43.9 Å². The predicted molar refractivity (Wildman–Crippen MR) is 75.9 cm³/mol. The summed E-state index contributed by atoms with van der Waals surface area (Å²) in [7, 11) is 0.